The lowest BCUT2D eigenvalue weighted by Crippen LogP contribution is -2.36. The topological polar surface area (TPSA) is 30.9 Å². The minimum absolute atomic E-state index is 0.246. The molecule has 0 N–H and O–H groups in total. The Morgan fingerprint density at radius 2 is 1.81 bits per heavy atom. The van der Waals surface area contributed by atoms with Gasteiger partial charge in [-0.3, -0.25) is 0 Å². The number of nitrogens with zero attached hydrogens (tertiary/aromatic N) is 1. The maximum Gasteiger partial charge on any atom is 0.168 e. The van der Waals surface area contributed by atoms with Gasteiger partial charge in [0.15, 0.2) is 5.79 Å². The first-order valence-electron chi connectivity index (χ1n) is 11.6. The van der Waals surface area contributed by atoms with Crippen LogP contribution in [0.25, 0.3) is 0 Å². The molecule has 0 aromatic heterocycles. The first-order chi connectivity index (χ1) is 13.1. The molecule has 1 spiro atoms. The SMILES string of the molecule is CC.CCCN(CCCOC)CCC1COC2(CCC(CC(C)C)CC2)O1. The molecule has 1 aliphatic heterocycles. The quantitative estimate of drug-likeness (QED) is 0.439. The zero-order chi connectivity index (χ0) is 20.1. The highest BCUT2D eigenvalue weighted by atomic mass is 16.7. The van der Waals surface area contributed by atoms with Crippen LogP contribution in [0.15, 0.2) is 0 Å². The van der Waals surface area contributed by atoms with Gasteiger partial charge in [-0.2, -0.15) is 0 Å². The number of methoxy groups -OCH3 is 1. The predicted octanol–water partition coefficient (Wildman–Crippen LogP) is 5.50. The molecule has 162 valence electrons. The predicted molar refractivity (Wildman–Crippen MR) is 114 cm³/mol. The van der Waals surface area contributed by atoms with Crippen LogP contribution in [-0.4, -0.2) is 56.7 Å². The van der Waals surface area contributed by atoms with E-state index in [1.54, 1.807) is 7.11 Å². The average Bonchev–Trinajstić information content (AvgIpc) is 3.06. The molecule has 1 saturated heterocycles. The maximum atomic E-state index is 6.42. The lowest BCUT2D eigenvalue weighted by molar-refractivity contribution is -0.193. The molecule has 1 heterocycles. The third-order valence-corrected chi connectivity index (χ3v) is 5.72. The van der Waals surface area contributed by atoms with Crippen molar-refractivity contribution < 1.29 is 14.2 Å². The van der Waals surface area contributed by atoms with Crippen LogP contribution >= 0.6 is 0 Å². The zero-order valence-electron chi connectivity index (χ0n) is 19.1. The molecule has 2 aliphatic rings. The molecule has 1 aliphatic carbocycles. The number of ether oxygens (including phenoxy) is 3. The van der Waals surface area contributed by atoms with Crippen molar-refractivity contribution >= 4 is 0 Å². The largest absolute Gasteiger partial charge is 0.385 e. The van der Waals surface area contributed by atoms with Crippen LogP contribution in [0.5, 0.6) is 0 Å². The van der Waals surface area contributed by atoms with Crippen LogP contribution in [-0.2, 0) is 14.2 Å². The van der Waals surface area contributed by atoms with E-state index >= 15 is 0 Å². The summed E-state index contributed by atoms with van der Waals surface area (Å²) < 4.78 is 17.8. The fraction of sp³-hybridized carbons (Fsp3) is 1.00. The molecule has 0 aromatic carbocycles. The Morgan fingerprint density at radius 3 is 2.41 bits per heavy atom. The van der Waals surface area contributed by atoms with Gasteiger partial charge in [-0.1, -0.05) is 34.6 Å². The minimum Gasteiger partial charge on any atom is -0.385 e. The number of rotatable bonds is 11. The summed E-state index contributed by atoms with van der Waals surface area (Å²) in [6, 6.07) is 0. The van der Waals surface area contributed by atoms with Crippen LogP contribution < -0.4 is 0 Å². The molecule has 2 fully saturated rings. The van der Waals surface area contributed by atoms with E-state index < -0.39 is 0 Å². The Labute approximate surface area is 169 Å². The summed E-state index contributed by atoms with van der Waals surface area (Å²) in [5.74, 6) is 1.43. The third kappa shape index (κ3) is 9.25. The molecule has 1 saturated carbocycles. The molecule has 2 rings (SSSR count). The van der Waals surface area contributed by atoms with E-state index in [-0.39, 0.29) is 11.9 Å². The highest BCUT2D eigenvalue weighted by Gasteiger charge is 2.43. The highest BCUT2D eigenvalue weighted by molar-refractivity contribution is 4.86. The van der Waals surface area contributed by atoms with Crippen molar-refractivity contribution in [1.82, 2.24) is 4.90 Å². The fourth-order valence-electron chi connectivity index (χ4n) is 4.45. The van der Waals surface area contributed by atoms with E-state index in [0.29, 0.717) is 0 Å². The number of hydrogen-bond donors (Lipinski definition) is 0. The van der Waals surface area contributed by atoms with E-state index in [4.69, 9.17) is 14.2 Å². The molecule has 27 heavy (non-hydrogen) atoms. The minimum atomic E-state index is -0.246. The second-order valence-corrected chi connectivity index (χ2v) is 8.51. The highest BCUT2D eigenvalue weighted by Crippen LogP contribution is 2.42. The van der Waals surface area contributed by atoms with Gasteiger partial charge in [-0.15, -0.1) is 0 Å². The van der Waals surface area contributed by atoms with Gasteiger partial charge in [0.25, 0.3) is 0 Å². The van der Waals surface area contributed by atoms with Gasteiger partial charge in [0.05, 0.1) is 12.7 Å². The van der Waals surface area contributed by atoms with Crippen LogP contribution in [0, 0.1) is 11.8 Å². The molecule has 0 bridgehead atoms. The zero-order valence-corrected chi connectivity index (χ0v) is 19.1. The van der Waals surface area contributed by atoms with E-state index in [2.05, 4.69) is 25.7 Å². The molecule has 4 nitrogen and oxygen atoms in total. The van der Waals surface area contributed by atoms with Crippen molar-refractivity contribution in [3.8, 4) is 0 Å². The Morgan fingerprint density at radius 1 is 1.11 bits per heavy atom. The van der Waals surface area contributed by atoms with Gasteiger partial charge in [-0.25, -0.2) is 0 Å². The van der Waals surface area contributed by atoms with Gasteiger partial charge in [0.2, 0.25) is 0 Å². The number of hydrogen-bond acceptors (Lipinski definition) is 4. The Bertz CT molecular complexity index is 354. The summed E-state index contributed by atoms with van der Waals surface area (Å²) in [6.45, 7) is 15.9. The van der Waals surface area contributed by atoms with Gasteiger partial charge in [-0.05, 0) is 56.9 Å². The van der Waals surface area contributed by atoms with E-state index in [0.717, 1.165) is 63.8 Å². The van der Waals surface area contributed by atoms with Crippen LogP contribution in [0.3, 0.4) is 0 Å². The molecule has 0 aromatic rings. The second-order valence-electron chi connectivity index (χ2n) is 8.51. The first-order valence-corrected chi connectivity index (χ1v) is 11.6. The van der Waals surface area contributed by atoms with Crippen molar-refractivity contribution in [3.05, 3.63) is 0 Å². The average molecular weight is 386 g/mol. The lowest BCUT2D eigenvalue weighted by atomic mass is 9.81. The molecule has 1 atom stereocenters. The maximum absolute atomic E-state index is 6.42. The Kier molecular flexibility index (Phi) is 12.8. The van der Waals surface area contributed by atoms with E-state index in [1.165, 1.54) is 32.2 Å². The smallest absolute Gasteiger partial charge is 0.168 e. The second kappa shape index (κ2) is 13.9. The van der Waals surface area contributed by atoms with Crippen LogP contribution in [0.1, 0.15) is 86.0 Å². The standard InChI is InChI=1S/C21H41NO3.C2H6/c1-5-12-22(13-6-15-23-4)14-9-20-17-24-21(25-20)10-7-19(8-11-21)16-18(2)3;1-2/h18-20H,5-17H2,1-4H3;1-2H3. The summed E-state index contributed by atoms with van der Waals surface area (Å²) in [5, 5.41) is 0. The van der Waals surface area contributed by atoms with Crippen molar-refractivity contribution in [1.29, 1.82) is 0 Å². The molecular formula is C23H47NO3. The lowest BCUT2D eigenvalue weighted by Gasteiger charge is -2.36. The van der Waals surface area contributed by atoms with Gasteiger partial charge in [0, 0.05) is 39.6 Å². The molecule has 1 unspecified atom stereocenters. The summed E-state index contributed by atoms with van der Waals surface area (Å²) in [4.78, 5) is 2.55. The molecule has 0 radical (unpaired) electrons. The first kappa shape index (κ1) is 24.9. The van der Waals surface area contributed by atoms with Crippen LogP contribution in [0.2, 0.25) is 0 Å². The Hall–Kier alpha value is -0.160. The fourth-order valence-corrected chi connectivity index (χ4v) is 4.45. The summed E-state index contributed by atoms with van der Waals surface area (Å²) in [5.41, 5.74) is 0. The van der Waals surface area contributed by atoms with Gasteiger partial charge < -0.3 is 19.1 Å². The van der Waals surface area contributed by atoms with Crippen molar-refractivity contribution in [2.24, 2.45) is 11.8 Å². The Balaban J connectivity index is 0.00000176. The monoisotopic (exact) mass is 385 g/mol. The summed E-state index contributed by atoms with van der Waals surface area (Å²) in [7, 11) is 1.78. The van der Waals surface area contributed by atoms with E-state index in [9.17, 15) is 0 Å². The summed E-state index contributed by atoms with van der Waals surface area (Å²) >= 11 is 0. The van der Waals surface area contributed by atoms with Gasteiger partial charge in [0.1, 0.15) is 0 Å². The van der Waals surface area contributed by atoms with E-state index in [1.807, 2.05) is 13.8 Å². The van der Waals surface area contributed by atoms with Crippen molar-refractivity contribution in [2.45, 2.75) is 97.9 Å². The third-order valence-electron chi connectivity index (χ3n) is 5.72. The normalized spacial score (nSPS) is 28.0. The molecular weight excluding hydrogens is 338 g/mol. The van der Waals surface area contributed by atoms with Gasteiger partial charge >= 0.3 is 0 Å². The van der Waals surface area contributed by atoms with Crippen molar-refractivity contribution in [2.75, 3.05) is 40.0 Å². The molecule has 0 amide bonds. The summed E-state index contributed by atoms with van der Waals surface area (Å²) in [6.07, 6.45) is 9.75. The van der Waals surface area contributed by atoms with Crippen LogP contribution in [0.4, 0.5) is 0 Å². The van der Waals surface area contributed by atoms with Crippen molar-refractivity contribution in [3.63, 3.8) is 0 Å². The molecule has 4 heteroatoms.